The van der Waals surface area contributed by atoms with Gasteiger partial charge in [-0.15, -0.1) is 8.58 Å². The molecule has 0 heterocycles. The topological polar surface area (TPSA) is 0 Å². The smallest absolute Gasteiger partial charge is 0.0232 e. The summed E-state index contributed by atoms with van der Waals surface area (Å²) in [5.74, 6) is 1.10. The number of hydrogen-bond acceptors (Lipinski definition) is 0. The summed E-state index contributed by atoms with van der Waals surface area (Å²) in [6, 6.07) is 0. The van der Waals surface area contributed by atoms with Gasteiger partial charge in [0.1, 0.15) is 0 Å². The summed E-state index contributed by atoms with van der Waals surface area (Å²) in [5, 5.41) is 0. The van der Waals surface area contributed by atoms with E-state index < -0.39 is 0 Å². The quantitative estimate of drug-likeness (QED) is 0.580. The van der Waals surface area contributed by atoms with E-state index in [0.29, 0.717) is 0 Å². The summed E-state index contributed by atoms with van der Waals surface area (Å²) < 4.78 is 0. The second-order valence-electron chi connectivity index (χ2n) is 6.02. The molecule has 94 valence electrons. The average molecular weight is 240 g/mol. The van der Waals surface area contributed by atoms with Crippen molar-refractivity contribution in [2.75, 3.05) is 0 Å². The molecule has 2 saturated carbocycles. The van der Waals surface area contributed by atoms with Crippen molar-refractivity contribution in [1.29, 1.82) is 0 Å². The van der Waals surface area contributed by atoms with Crippen LogP contribution in [0.1, 0.15) is 77.6 Å². The first kappa shape index (κ1) is 12.9. The van der Waals surface area contributed by atoms with Gasteiger partial charge in [-0.3, -0.25) is 0 Å². The summed E-state index contributed by atoms with van der Waals surface area (Å²) in [6.45, 7) is 2.35. The van der Waals surface area contributed by atoms with E-state index in [-0.39, 0.29) is 0 Å². The molecule has 0 N–H and O–H groups in total. The largest absolute Gasteiger partial charge is 0.116 e. The highest BCUT2D eigenvalue weighted by atomic mass is 31.1. The van der Waals surface area contributed by atoms with Crippen LogP contribution in [0.2, 0.25) is 0 Å². The van der Waals surface area contributed by atoms with Crippen LogP contribution in [-0.2, 0) is 0 Å². The SMILES string of the molecule is CCCC1CCCC(PC2CCCCC2)C1. The molecule has 16 heavy (non-hydrogen) atoms. The Morgan fingerprint density at radius 3 is 2.38 bits per heavy atom. The molecule has 0 radical (unpaired) electrons. The van der Waals surface area contributed by atoms with Gasteiger partial charge in [0.05, 0.1) is 0 Å². The van der Waals surface area contributed by atoms with Crippen molar-refractivity contribution in [3.8, 4) is 0 Å². The summed E-state index contributed by atoms with van der Waals surface area (Å²) in [5.41, 5.74) is 2.27. The third-order valence-electron chi connectivity index (χ3n) is 4.56. The first-order valence-corrected chi connectivity index (χ1v) is 8.80. The van der Waals surface area contributed by atoms with E-state index in [1.54, 1.807) is 32.1 Å². The maximum Gasteiger partial charge on any atom is -0.0232 e. The van der Waals surface area contributed by atoms with E-state index in [1.807, 2.05) is 0 Å². The second kappa shape index (κ2) is 7.00. The monoisotopic (exact) mass is 240 g/mol. The fourth-order valence-corrected chi connectivity index (χ4v) is 5.96. The summed E-state index contributed by atoms with van der Waals surface area (Å²) in [4.78, 5) is 0. The molecule has 0 spiro atoms. The number of rotatable bonds is 4. The molecule has 3 atom stereocenters. The molecule has 0 nitrogen and oxygen atoms in total. The first-order valence-electron chi connectivity index (χ1n) is 7.64. The second-order valence-corrected chi connectivity index (χ2v) is 7.99. The molecule has 2 aliphatic carbocycles. The third kappa shape index (κ3) is 4.02. The van der Waals surface area contributed by atoms with Gasteiger partial charge in [0.2, 0.25) is 0 Å². The lowest BCUT2D eigenvalue weighted by molar-refractivity contribution is 0.341. The minimum atomic E-state index is 1.10. The van der Waals surface area contributed by atoms with Crippen LogP contribution in [0.5, 0.6) is 0 Å². The van der Waals surface area contributed by atoms with Crippen LogP contribution in [-0.4, -0.2) is 11.3 Å². The third-order valence-corrected chi connectivity index (χ3v) is 6.60. The normalized spacial score (nSPS) is 33.6. The molecule has 2 rings (SSSR count). The van der Waals surface area contributed by atoms with Gasteiger partial charge < -0.3 is 0 Å². The first-order chi connectivity index (χ1) is 7.88. The predicted molar refractivity (Wildman–Crippen MR) is 75.8 cm³/mol. The van der Waals surface area contributed by atoms with Crippen molar-refractivity contribution < 1.29 is 0 Å². The Bertz CT molecular complexity index is 182. The van der Waals surface area contributed by atoms with Crippen molar-refractivity contribution in [2.24, 2.45) is 5.92 Å². The summed E-state index contributed by atoms with van der Waals surface area (Å²) in [6.07, 6.45) is 16.8. The molecule has 0 saturated heterocycles. The molecular formula is C15H29P. The van der Waals surface area contributed by atoms with Gasteiger partial charge in [0.25, 0.3) is 0 Å². The van der Waals surface area contributed by atoms with Gasteiger partial charge in [-0.05, 0) is 42.9 Å². The Balaban J connectivity index is 1.71. The zero-order chi connectivity index (χ0) is 11.2. The molecular weight excluding hydrogens is 211 g/mol. The highest BCUT2D eigenvalue weighted by Gasteiger charge is 2.24. The lowest BCUT2D eigenvalue weighted by Gasteiger charge is -2.33. The van der Waals surface area contributed by atoms with Crippen LogP contribution in [0.3, 0.4) is 0 Å². The van der Waals surface area contributed by atoms with Crippen molar-refractivity contribution in [3.63, 3.8) is 0 Å². The van der Waals surface area contributed by atoms with Crippen LogP contribution in [0.15, 0.2) is 0 Å². The Hall–Kier alpha value is 0.430. The van der Waals surface area contributed by atoms with Crippen LogP contribution in [0.4, 0.5) is 0 Å². The van der Waals surface area contributed by atoms with Crippen LogP contribution in [0.25, 0.3) is 0 Å². The van der Waals surface area contributed by atoms with Gasteiger partial charge in [-0.1, -0.05) is 51.9 Å². The van der Waals surface area contributed by atoms with Gasteiger partial charge in [-0.2, -0.15) is 0 Å². The van der Waals surface area contributed by atoms with E-state index in [2.05, 4.69) is 6.92 Å². The Kier molecular flexibility index (Phi) is 5.63. The van der Waals surface area contributed by atoms with E-state index in [9.17, 15) is 0 Å². The van der Waals surface area contributed by atoms with Crippen molar-refractivity contribution in [1.82, 2.24) is 0 Å². The van der Waals surface area contributed by atoms with E-state index >= 15 is 0 Å². The molecule has 0 bridgehead atoms. The molecule has 0 aromatic carbocycles. The molecule has 0 aromatic heterocycles. The minimum Gasteiger partial charge on any atom is -0.116 e. The van der Waals surface area contributed by atoms with Crippen molar-refractivity contribution in [3.05, 3.63) is 0 Å². The zero-order valence-electron chi connectivity index (χ0n) is 11.0. The molecule has 2 aliphatic rings. The molecule has 1 heteroatoms. The standard InChI is InChI=1S/C15H29P/c1-2-7-13-8-6-11-15(12-13)16-14-9-4-3-5-10-14/h13-16H,2-12H2,1H3. The highest BCUT2D eigenvalue weighted by molar-refractivity contribution is 7.39. The maximum atomic E-state index is 2.35. The van der Waals surface area contributed by atoms with Gasteiger partial charge in [0.15, 0.2) is 0 Å². The minimum absolute atomic E-state index is 1.10. The maximum absolute atomic E-state index is 2.35. The lowest BCUT2D eigenvalue weighted by Crippen LogP contribution is -2.19. The van der Waals surface area contributed by atoms with Gasteiger partial charge in [0, 0.05) is 0 Å². The Morgan fingerprint density at radius 1 is 0.875 bits per heavy atom. The molecule has 0 aromatic rings. The number of hydrogen-bond donors (Lipinski definition) is 0. The fraction of sp³-hybridized carbons (Fsp3) is 1.00. The average Bonchev–Trinajstić information content (AvgIpc) is 2.31. The summed E-state index contributed by atoms with van der Waals surface area (Å²) in [7, 11) is 1.32. The summed E-state index contributed by atoms with van der Waals surface area (Å²) >= 11 is 0. The van der Waals surface area contributed by atoms with E-state index in [4.69, 9.17) is 0 Å². The fourth-order valence-electron chi connectivity index (χ4n) is 3.72. The van der Waals surface area contributed by atoms with Crippen molar-refractivity contribution in [2.45, 2.75) is 88.9 Å². The predicted octanol–water partition coefficient (Wildman–Crippen LogP) is 5.36. The van der Waals surface area contributed by atoms with E-state index in [1.165, 1.54) is 47.1 Å². The van der Waals surface area contributed by atoms with Crippen molar-refractivity contribution >= 4 is 8.58 Å². The van der Waals surface area contributed by atoms with Crippen LogP contribution >= 0.6 is 8.58 Å². The Morgan fingerprint density at radius 2 is 1.62 bits per heavy atom. The molecule has 0 aliphatic heterocycles. The van der Waals surface area contributed by atoms with Gasteiger partial charge in [-0.25, -0.2) is 0 Å². The lowest BCUT2D eigenvalue weighted by atomic mass is 9.86. The van der Waals surface area contributed by atoms with Crippen LogP contribution in [0, 0.1) is 5.92 Å². The molecule has 0 amide bonds. The molecule has 2 fully saturated rings. The van der Waals surface area contributed by atoms with Crippen LogP contribution < -0.4 is 0 Å². The highest BCUT2D eigenvalue weighted by Crippen LogP contribution is 2.43. The molecule has 3 unspecified atom stereocenters. The Labute approximate surface area is 104 Å². The van der Waals surface area contributed by atoms with E-state index in [0.717, 1.165) is 17.2 Å². The zero-order valence-corrected chi connectivity index (χ0v) is 12.0. The van der Waals surface area contributed by atoms with Gasteiger partial charge >= 0.3 is 0 Å².